The molecule has 4 rings (SSSR count). The van der Waals surface area contributed by atoms with Crippen molar-refractivity contribution in [3.8, 4) is 17.2 Å². The average molecular weight is 424 g/mol. The number of benzene rings is 2. The molecule has 0 bridgehead atoms. The zero-order chi connectivity index (χ0) is 21.6. The molecule has 2 aromatic carbocycles. The van der Waals surface area contributed by atoms with E-state index in [1.54, 1.807) is 0 Å². The number of rotatable bonds is 10. The van der Waals surface area contributed by atoms with E-state index in [0.29, 0.717) is 47.8 Å². The van der Waals surface area contributed by atoms with Crippen LogP contribution in [-0.2, 0) is 4.79 Å². The van der Waals surface area contributed by atoms with Gasteiger partial charge in [0.25, 0.3) is 6.47 Å². The first-order chi connectivity index (χ1) is 15.3. The van der Waals surface area contributed by atoms with E-state index < -0.39 is 0 Å². The van der Waals surface area contributed by atoms with Crippen molar-refractivity contribution in [2.45, 2.75) is 26.2 Å². The Kier molecular flexibility index (Phi) is 6.72. The minimum Gasteiger partial charge on any atom is -0.489 e. The lowest BCUT2D eigenvalue weighted by Crippen LogP contribution is -2.22. The molecule has 0 unspecified atom stereocenters. The minimum atomic E-state index is 0.325. The van der Waals surface area contributed by atoms with Crippen LogP contribution in [0.5, 0.6) is 17.2 Å². The zero-order valence-corrected chi connectivity index (χ0v) is 18.1. The van der Waals surface area contributed by atoms with Crippen LogP contribution in [-0.4, -0.2) is 56.3 Å². The number of anilines is 1. The molecule has 0 radical (unpaired) electrons. The molecule has 3 aromatic rings. The van der Waals surface area contributed by atoms with Crippen LogP contribution in [0.2, 0.25) is 0 Å². The van der Waals surface area contributed by atoms with E-state index in [0.717, 1.165) is 29.6 Å². The van der Waals surface area contributed by atoms with Crippen molar-refractivity contribution < 1.29 is 19.0 Å². The fraction of sp³-hybridized carbons (Fsp3) is 0.417. The van der Waals surface area contributed by atoms with Crippen molar-refractivity contribution in [2.24, 2.45) is 0 Å². The number of para-hydroxylation sites is 1. The van der Waals surface area contributed by atoms with Gasteiger partial charge >= 0.3 is 0 Å². The van der Waals surface area contributed by atoms with Crippen molar-refractivity contribution in [3.05, 3.63) is 30.3 Å². The smallest absolute Gasteiger partial charge is 0.298 e. The highest BCUT2D eigenvalue weighted by Gasteiger charge is 2.23. The number of fused-ring (bicyclic) bond motifs is 2. The number of hydrogen-bond acceptors (Lipinski definition) is 7. The van der Waals surface area contributed by atoms with Crippen molar-refractivity contribution >= 4 is 34.0 Å². The summed E-state index contributed by atoms with van der Waals surface area (Å²) in [5, 5.41) is 4.88. The van der Waals surface area contributed by atoms with Crippen LogP contribution in [0, 0.1) is 0 Å². The molecule has 7 nitrogen and oxygen atoms in total. The molecule has 0 amide bonds. The molecule has 1 fully saturated rings. The van der Waals surface area contributed by atoms with Crippen LogP contribution in [0.3, 0.4) is 0 Å². The summed E-state index contributed by atoms with van der Waals surface area (Å²) in [7, 11) is 1.84. The van der Waals surface area contributed by atoms with Crippen LogP contribution in [0.25, 0.3) is 21.8 Å². The van der Waals surface area contributed by atoms with Crippen LogP contribution in [0.4, 0.5) is 5.69 Å². The van der Waals surface area contributed by atoms with E-state index >= 15 is 0 Å². The van der Waals surface area contributed by atoms with E-state index in [1.165, 1.54) is 25.9 Å². The van der Waals surface area contributed by atoms with Gasteiger partial charge in [0.2, 0.25) is 5.75 Å². The predicted octanol–water partition coefficient (Wildman–Crippen LogP) is 4.23. The highest BCUT2D eigenvalue weighted by atomic mass is 16.6. The Balaban J connectivity index is 1.76. The molecule has 7 heteroatoms. The Morgan fingerprint density at radius 2 is 1.94 bits per heavy atom. The van der Waals surface area contributed by atoms with Gasteiger partial charge in [-0.2, -0.15) is 0 Å². The molecule has 31 heavy (non-hydrogen) atoms. The van der Waals surface area contributed by atoms with Crippen molar-refractivity contribution in [1.82, 2.24) is 9.88 Å². The second-order valence-electron chi connectivity index (χ2n) is 7.58. The first kappa shape index (κ1) is 21.2. The molecule has 0 atom stereocenters. The lowest BCUT2D eigenvalue weighted by Gasteiger charge is -2.20. The molecule has 1 saturated heterocycles. The summed E-state index contributed by atoms with van der Waals surface area (Å²) in [5.41, 5.74) is 2.36. The Bertz CT molecular complexity index is 1060. The standard InChI is InChI=1S/C24H29N3O4/c1-3-29-23-20(30-14-8-13-27-11-6-7-12-27)15-19-21(24(23)31-16-28)22(25-2)17-9-4-5-10-18(17)26-19/h4-5,9-10,15-16H,3,6-8,11-14H2,1-2H3,(H,25,26). The fourth-order valence-electron chi connectivity index (χ4n) is 4.27. The van der Waals surface area contributed by atoms with E-state index in [9.17, 15) is 4.79 Å². The molecule has 0 spiro atoms. The average Bonchev–Trinajstić information content (AvgIpc) is 3.31. The number of aromatic nitrogens is 1. The quantitative estimate of drug-likeness (QED) is 0.297. The Morgan fingerprint density at radius 1 is 1.13 bits per heavy atom. The molecule has 1 aliphatic rings. The predicted molar refractivity (Wildman–Crippen MR) is 122 cm³/mol. The maximum absolute atomic E-state index is 11.4. The number of pyridine rings is 1. The van der Waals surface area contributed by atoms with E-state index in [2.05, 4.69) is 10.2 Å². The second kappa shape index (κ2) is 9.83. The summed E-state index contributed by atoms with van der Waals surface area (Å²) < 4.78 is 17.5. The fourth-order valence-corrected chi connectivity index (χ4v) is 4.27. The zero-order valence-electron chi connectivity index (χ0n) is 18.1. The number of ether oxygens (including phenoxy) is 3. The molecule has 0 aliphatic carbocycles. The Hall–Kier alpha value is -3.06. The van der Waals surface area contributed by atoms with Gasteiger partial charge in [0, 0.05) is 25.0 Å². The van der Waals surface area contributed by atoms with Gasteiger partial charge in [0.15, 0.2) is 11.5 Å². The van der Waals surface area contributed by atoms with Gasteiger partial charge < -0.3 is 24.4 Å². The highest BCUT2D eigenvalue weighted by Crippen LogP contribution is 2.47. The molecule has 1 aromatic heterocycles. The number of nitrogens with one attached hydrogen (secondary N) is 1. The van der Waals surface area contributed by atoms with Gasteiger partial charge in [-0.3, -0.25) is 4.79 Å². The molecular formula is C24H29N3O4. The maximum atomic E-state index is 11.4. The molecule has 1 N–H and O–H groups in total. The summed E-state index contributed by atoms with van der Waals surface area (Å²) in [5.74, 6) is 1.29. The van der Waals surface area contributed by atoms with Crippen LogP contribution in [0.15, 0.2) is 30.3 Å². The first-order valence-corrected chi connectivity index (χ1v) is 10.9. The van der Waals surface area contributed by atoms with Gasteiger partial charge in [-0.15, -0.1) is 0 Å². The number of nitrogens with zero attached hydrogens (tertiary/aromatic N) is 2. The first-order valence-electron chi connectivity index (χ1n) is 10.9. The van der Waals surface area contributed by atoms with Gasteiger partial charge in [-0.05, 0) is 45.3 Å². The van der Waals surface area contributed by atoms with Gasteiger partial charge in [-0.25, -0.2) is 4.98 Å². The van der Waals surface area contributed by atoms with E-state index in [1.807, 2.05) is 44.3 Å². The number of likely N-dealkylation sites (tertiary alicyclic amines) is 1. The molecule has 0 saturated carbocycles. The van der Waals surface area contributed by atoms with Crippen LogP contribution >= 0.6 is 0 Å². The summed E-state index contributed by atoms with van der Waals surface area (Å²) in [6.07, 6.45) is 3.47. The SMILES string of the molecule is CCOc1c(OCCCN2CCCC2)cc2nc3ccccc3c(NC)c2c1OC=O. The normalized spacial score (nSPS) is 14.1. The molecular weight excluding hydrogens is 394 g/mol. The summed E-state index contributed by atoms with van der Waals surface area (Å²) in [6, 6.07) is 9.73. The monoisotopic (exact) mass is 423 g/mol. The van der Waals surface area contributed by atoms with Crippen molar-refractivity contribution in [3.63, 3.8) is 0 Å². The number of carbonyl (C=O) groups excluding carboxylic acids is 1. The molecule has 164 valence electrons. The number of carbonyl (C=O) groups is 1. The van der Waals surface area contributed by atoms with Crippen molar-refractivity contribution in [2.75, 3.05) is 45.2 Å². The lowest BCUT2D eigenvalue weighted by atomic mass is 10.1. The largest absolute Gasteiger partial charge is 0.489 e. The van der Waals surface area contributed by atoms with Gasteiger partial charge in [0.1, 0.15) is 0 Å². The van der Waals surface area contributed by atoms with E-state index in [-0.39, 0.29) is 0 Å². The number of hydrogen-bond donors (Lipinski definition) is 1. The summed E-state index contributed by atoms with van der Waals surface area (Å²) in [4.78, 5) is 18.7. The van der Waals surface area contributed by atoms with Crippen LogP contribution < -0.4 is 19.5 Å². The van der Waals surface area contributed by atoms with Crippen LogP contribution in [0.1, 0.15) is 26.2 Å². The second-order valence-corrected chi connectivity index (χ2v) is 7.58. The third-order valence-electron chi connectivity index (χ3n) is 5.62. The van der Waals surface area contributed by atoms with Crippen molar-refractivity contribution in [1.29, 1.82) is 0 Å². The Labute approximate surface area is 182 Å². The lowest BCUT2D eigenvalue weighted by molar-refractivity contribution is -0.120. The van der Waals surface area contributed by atoms with Gasteiger partial charge in [-0.1, -0.05) is 18.2 Å². The minimum absolute atomic E-state index is 0.325. The maximum Gasteiger partial charge on any atom is 0.298 e. The molecule has 1 aliphatic heterocycles. The van der Waals surface area contributed by atoms with E-state index in [4.69, 9.17) is 19.2 Å². The summed E-state index contributed by atoms with van der Waals surface area (Å²) in [6.45, 7) is 6.63. The van der Waals surface area contributed by atoms with Gasteiger partial charge in [0.05, 0.1) is 35.3 Å². The topological polar surface area (TPSA) is 72.9 Å². The Morgan fingerprint density at radius 3 is 2.68 bits per heavy atom. The summed E-state index contributed by atoms with van der Waals surface area (Å²) >= 11 is 0. The highest BCUT2D eigenvalue weighted by molar-refractivity contribution is 6.11. The molecule has 2 heterocycles. The third kappa shape index (κ3) is 4.37. The third-order valence-corrected chi connectivity index (χ3v) is 5.62.